The fourth-order valence-corrected chi connectivity index (χ4v) is 2.36. The van der Waals surface area contributed by atoms with Crippen LogP contribution in [0.5, 0.6) is 5.75 Å². The second-order valence-corrected chi connectivity index (χ2v) is 5.37. The number of aromatic nitrogens is 2. The van der Waals surface area contributed by atoms with Gasteiger partial charge < -0.3 is 19.7 Å². The summed E-state index contributed by atoms with van der Waals surface area (Å²) < 4.78 is 6.36. The number of carboxylic acid groups (broad SMARTS) is 1. The molecule has 24 heavy (non-hydrogen) atoms. The number of hydrogen-bond acceptors (Lipinski definition) is 5. The Kier molecular flexibility index (Phi) is 5.20. The second kappa shape index (κ2) is 7.14. The van der Waals surface area contributed by atoms with Crippen LogP contribution in [0.4, 0.5) is 0 Å². The molecule has 2 N–H and O–H groups in total. The molecule has 0 saturated heterocycles. The number of hydrogen-bond donors (Lipinski definition) is 2. The Hall–Kier alpha value is -2.87. The van der Waals surface area contributed by atoms with E-state index in [1.54, 1.807) is 50.2 Å². The van der Waals surface area contributed by atoms with Crippen LogP contribution in [0.2, 0.25) is 0 Å². The van der Waals surface area contributed by atoms with E-state index in [1.165, 1.54) is 0 Å². The van der Waals surface area contributed by atoms with Crippen molar-refractivity contribution in [2.45, 2.75) is 13.5 Å². The van der Waals surface area contributed by atoms with Crippen LogP contribution in [-0.4, -0.2) is 46.2 Å². The van der Waals surface area contributed by atoms with E-state index in [0.717, 1.165) is 4.57 Å². The Labute approximate surface area is 137 Å². The van der Waals surface area contributed by atoms with E-state index in [4.69, 9.17) is 4.74 Å². The van der Waals surface area contributed by atoms with Gasteiger partial charge in [0.2, 0.25) is 0 Å². The number of aromatic carboxylic acids is 1. The largest absolute Gasteiger partial charge is 0.492 e. The number of benzene rings is 1. The van der Waals surface area contributed by atoms with E-state index in [-0.39, 0.29) is 17.8 Å². The molecule has 0 bridgehead atoms. The minimum absolute atomic E-state index is 0.00148. The molecule has 0 spiro atoms. The van der Waals surface area contributed by atoms with Crippen LogP contribution in [0.25, 0.3) is 5.69 Å². The lowest BCUT2D eigenvalue weighted by Gasteiger charge is -2.15. The van der Waals surface area contributed by atoms with E-state index >= 15 is 0 Å². The summed E-state index contributed by atoms with van der Waals surface area (Å²) in [4.78, 5) is 40.4. The van der Waals surface area contributed by atoms with Crippen molar-refractivity contribution in [2.24, 2.45) is 0 Å². The lowest BCUT2D eigenvalue weighted by molar-refractivity contribution is 0.0687. The highest BCUT2D eigenvalue weighted by Crippen LogP contribution is 2.20. The molecular formula is C16H19N3O5. The highest BCUT2D eigenvalue weighted by atomic mass is 16.5. The third kappa shape index (κ3) is 3.38. The molecule has 1 aromatic carbocycles. The second-order valence-electron chi connectivity index (χ2n) is 5.37. The molecule has 0 radical (unpaired) electrons. The summed E-state index contributed by atoms with van der Waals surface area (Å²) in [6.45, 7) is 2.23. The van der Waals surface area contributed by atoms with E-state index in [1.807, 2.05) is 0 Å². The number of carbonyl (C=O) groups is 1. The zero-order chi connectivity index (χ0) is 17.9. The maximum absolute atomic E-state index is 12.8. The molecule has 0 unspecified atom stereocenters. The third-order valence-electron chi connectivity index (χ3n) is 3.29. The monoisotopic (exact) mass is 333 g/mol. The van der Waals surface area contributed by atoms with Gasteiger partial charge in [-0.05, 0) is 33.2 Å². The van der Waals surface area contributed by atoms with Gasteiger partial charge >= 0.3 is 11.7 Å². The van der Waals surface area contributed by atoms with Crippen LogP contribution in [0.1, 0.15) is 23.0 Å². The number of rotatable bonds is 6. The van der Waals surface area contributed by atoms with Crippen molar-refractivity contribution >= 4 is 5.97 Å². The number of nitrogens with zero attached hydrogens (tertiary/aromatic N) is 2. The molecule has 1 aromatic heterocycles. The first-order chi connectivity index (χ1) is 11.4. The number of H-pyrrole nitrogens is 1. The lowest BCUT2D eigenvalue weighted by atomic mass is 10.2. The number of carboxylic acids is 1. The van der Waals surface area contributed by atoms with Crippen LogP contribution in [-0.2, 0) is 6.54 Å². The van der Waals surface area contributed by atoms with Gasteiger partial charge in [0.25, 0.3) is 5.56 Å². The van der Waals surface area contributed by atoms with Crippen molar-refractivity contribution < 1.29 is 14.6 Å². The van der Waals surface area contributed by atoms with E-state index in [0.29, 0.717) is 12.4 Å². The van der Waals surface area contributed by atoms with Crippen LogP contribution < -0.4 is 16.0 Å². The molecular weight excluding hydrogens is 314 g/mol. The summed E-state index contributed by atoms with van der Waals surface area (Å²) in [5, 5.41) is 9.27. The fraction of sp³-hybridized carbons (Fsp3) is 0.312. The molecule has 0 aliphatic rings. The first-order valence-corrected chi connectivity index (χ1v) is 7.35. The molecule has 8 heteroatoms. The Morgan fingerprint density at radius 3 is 2.54 bits per heavy atom. The first kappa shape index (κ1) is 17.5. The average molecular weight is 333 g/mol. The summed E-state index contributed by atoms with van der Waals surface area (Å²) in [5.74, 6) is -0.988. The van der Waals surface area contributed by atoms with Crippen molar-refractivity contribution in [3.8, 4) is 11.4 Å². The Balaban J connectivity index is 2.80. The highest BCUT2D eigenvalue weighted by molar-refractivity contribution is 5.86. The molecule has 8 nitrogen and oxygen atoms in total. The SMILES string of the molecule is CCOc1ccccc1-n1c(=O)[nH]c(C(=O)O)c(CN(C)C)c1=O. The van der Waals surface area contributed by atoms with Gasteiger partial charge in [0, 0.05) is 6.54 Å². The molecule has 0 fully saturated rings. The molecule has 0 atom stereocenters. The molecule has 2 rings (SSSR count). The zero-order valence-corrected chi connectivity index (χ0v) is 13.7. The van der Waals surface area contributed by atoms with E-state index < -0.39 is 22.9 Å². The van der Waals surface area contributed by atoms with Crippen molar-refractivity contribution in [2.75, 3.05) is 20.7 Å². The van der Waals surface area contributed by atoms with Gasteiger partial charge in [-0.2, -0.15) is 0 Å². The summed E-state index contributed by atoms with van der Waals surface area (Å²) in [7, 11) is 3.41. The number of aromatic amines is 1. The first-order valence-electron chi connectivity index (χ1n) is 7.35. The summed E-state index contributed by atoms with van der Waals surface area (Å²) >= 11 is 0. The average Bonchev–Trinajstić information content (AvgIpc) is 2.51. The van der Waals surface area contributed by atoms with Crippen molar-refractivity contribution in [3.63, 3.8) is 0 Å². The topological polar surface area (TPSA) is 105 Å². The van der Waals surface area contributed by atoms with Gasteiger partial charge in [0.1, 0.15) is 11.4 Å². The van der Waals surface area contributed by atoms with Gasteiger partial charge in [0.15, 0.2) is 0 Å². The third-order valence-corrected chi connectivity index (χ3v) is 3.29. The van der Waals surface area contributed by atoms with Gasteiger partial charge in [-0.3, -0.25) is 4.79 Å². The normalized spacial score (nSPS) is 10.8. The highest BCUT2D eigenvalue weighted by Gasteiger charge is 2.21. The van der Waals surface area contributed by atoms with E-state index in [9.17, 15) is 19.5 Å². The van der Waals surface area contributed by atoms with Crippen LogP contribution in [0.3, 0.4) is 0 Å². The van der Waals surface area contributed by atoms with Crippen molar-refractivity contribution in [1.82, 2.24) is 14.5 Å². The predicted octanol–water partition coefficient (Wildman–Crippen LogP) is 0.684. The van der Waals surface area contributed by atoms with Gasteiger partial charge in [0.05, 0.1) is 17.9 Å². The minimum Gasteiger partial charge on any atom is -0.492 e. The maximum atomic E-state index is 12.8. The smallest absolute Gasteiger partial charge is 0.352 e. The number of ether oxygens (including phenoxy) is 1. The van der Waals surface area contributed by atoms with Crippen molar-refractivity contribution in [1.29, 1.82) is 0 Å². The van der Waals surface area contributed by atoms with Gasteiger partial charge in [-0.15, -0.1) is 0 Å². The molecule has 0 aliphatic heterocycles. The van der Waals surface area contributed by atoms with E-state index in [2.05, 4.69) is 4.98 Å². The Bertz CT molecular complexity index is 867. The Morgan fingerprint density at radius 2 is 1.96 bits per heavy atom. The molecule has 0 saturated carbocycles. The number of nitrogens with one attached hydrogen (secondary N) is 1. The molecule has 0 aliphatic carbocycles. The molecule has 0 amide bonds. The molecule has 128 valence electrons. The van der Waals surface area contributed by atoms with Gasteiger partial charge in [-0.1, -0.05) is 12.1 Å². The summed E-state index contributed by atoms with van der Waals surface area (Å²) in [6, 6.07) is 6.60. The van der Waals surface area contributed by atoms with Crippen LogP contribution in [0, 0.1) is 0 Å². The predicted molar refractivity (Wildman–Crippen MR) is 88.2 cm³/mol. The summed E-state index contributed by atoms with van der Waals surface area (Å²) in [6.07, 6.45) is 0. The van der Waals surface area contributed by atoms with Crippen LogP contribution in [0.15, 0.2) is 33.9 Å². The molecule has 2 aromatic rings. The Morgan fingerprint density at radius 1 is 1.29 bits per heavy atom. The standard InChI is InChI=1S/C16H19N3O5/c1-4-24-12-8-6-5-7-11(12)19-14(20)10(9-18(2)3)13(15(21)22)17-16(19)23/h5-8H,4,9H2,1-3H3,(H,17,23)(H,21,22). The fourth-order valence-electron chi connectivity index (χ4n) is 2.36. The zero-order valence-electron chi connectivity index (χ0n) is 13.7. The lowest BCUT2D eigenvalue weighted by Crippen LogP contribution is -2.40. The quantitative estimate of drug-likeness (QED) is 0.806. The molecule has 1 heterocycles. The summed E-state index contributed by atoms with van der Waals surface area (Å²) in [5.41, 5.74) is -1.64. The maximum Gasteiger partial charge on any atom is 0.352 e. The van der Waals surface area contributed by atoms with Crippen LogP contribution >= 0.6 is 0 Å². The van der Waals surface area contributed by atoms with Crippen molar-refractivity contribution in [3.05, 3.63) is 56.4 Å². The number of para-hydroxylation sites is 2. The minimum atomic E-state index is -1.36. The van der Waals surface area contributed by atoms with Gasteiger partial charge in [-0.25, -0.2) is 14.2 Å².